The second-order valence-corrected chi connectivity index (χ2v) is 11.9. The second-order valence-electron chi connectivity index (χ2n) is 11.9. The van der Waals surface area contributed by atoms with Gasteiger partial charge in [-0.05, 0) is 140 Å². The number of allylic oxidation sites excluding steroid dienone is 9. The number of hydrogen-bond donors (Lipinski definition) is 1. The van der Waals surface area contributed by atoms with Crippen LogP contribution in [0.3, 0.4) is 0 Å². The number of nitrogens with zero attached hydrogens (tertiary/aromatic N) is 5. The Hall–Kier alpha value is -6.94. The van der Waals surface area contributed by atoms with Gasteiger partial charge in [0.1, 0.15) is 0 Å². The Kier molecular flexibility index (Phi) is 8.41. The molecule has 3 aliphatic rings. The molecular weight excluding hydrogens is 601 g/mol. The molecule has 0 spiro atoms. The first-order valence-electron chi connectivity index (χ1n) is 15.9. The average Bonchev–Trinajstić information content (AvgIpc) is 3.87. The van der Waals surface area contributed by atoms with E-state index in [1.807, 2.05) is 91.1 Å². The summed E-state index contributed by atoms with van der Waals surface area (Å²) >= 11 is 0. The molecule has 0 bridgehead atoms. The van der Waals surface area contributed by atoms with Gasteiger partial charge in [0.25, 0.3) is 0 Å². The number of hydrogen-bond acceptors (Lipinski definition) is 6. The summed E-state index contributed by atoms with van der Waals surface area (Å²) in [5, 5.41) is 32.1. The molecule has 1 aliphatic carbocycles. The van der Waals surface area contributed by atoms with Crippen LogP contribution in [0.1, 0.15) is 38.9 Å². The molecule has 1 aromatic heterocycles. The molecule has 2 aliphatic heterocycles. The van der Waals surface area contributed by atoms with Gasteiger partial charge in [-0.3, -0.25) is 4.98 Å². The first-order valence-corrected chi connectivity index (χ1v) is 15.9. The van der Waals surface area contributed by atoms with Crippen LogP contribution in [0.4, 0.5) is 0 Å². The van der Waals surface area contributed by atoms with E-state index in [1.54, 1.807) is 12.4 Å². The zero-order valence-electron chi connectivity index (χ0n) is 26.9. The van der Waals surface area contributed by atoms with Crippen LogP contribution in [0.2, 0.25) is 0 Å². The molecule has 4 aromatic rings. The molecule has 232 valence electrons. The van der Waals surface area contributed by atoms with Crippen LogP contribution in [-0.2, 0) is 0 Å². The monoisotopic (exact) mass is 630 g/mol. The van der Waals surface area contributed by atoms with E-state index < -0.39 is 0 Å². The minimum Gasteiger partial charge on any atom is -0.387 e. The summed E-state index contributed by atoms with van der Waals surface area (Å²) < 4.78 is 0. The first kappa shape index (κ1) is 30.7. The summed E-state index contributed by atoms with van der Waals surface area (Å²) in [7, 11) is 2.05. The van der Waals surface area contributed by atoms with Crippen molar-refractivity contribution in [1.29, 1.82) is 15.8 Å². The standard InChI is InChI=1S/C43H30N6/c1-49-24-18-37(19-25-49)40(34-12-6-31(28-46)7-13-34)43-41(38(35-14-20-47-21-15-35)32-8-2-29(26-44)3-9-32)42(43)39(36-16-22-48-23-17-36)33-10-4-30(27-45)5-11-33/h2-22,24,48H,23,25H2,1H3/b41-38-,42-39?,43-40-. The van der Waals surface area contributed by atoms with Crippen molar-refractivity contribution in [2.45, 2.75) is 0 Å². The molecule has 3 aromatic carbocycles. The minimum absolute atomic E-state index is 0.591. The van der Waals surface area contributed by atoms with Gasteiger partial charge < -0.3 is 10.2 Å². The van der Waals surface area contributed by atoms with Crippen molar-refractivity contribution >= 4 is 16.7 Å². The van der Waals surface area contributed by atoms with Gasteiger partial charge in [0.05, 0.1) is 34.9 Å². The predicted octanol–water partition coefficient (Wildman–Crippen LogP) is 7.85. The molecule has 0 atom stereocenters. The lowest BCUT2D eigenvalue weighted by Crippen LogP contribution is -2.14. The van der Waals surface area contributed by atoms with E-state index in [2.05, 4.69) is 71.0 Å². The maximum atomic E-state index is 9.63. The summed E-state index contributed by atoms with van der Waals surface area (Å²) in [6.45, 7) is 1.44. The Morgan fingerprint density at radius 1 is 0.592 bits per heavy atom. The van der Waals surface area contributed by atoms with Crippen LogP contribution in [-0.4, -0.2) is 30.0 Å². The van der Waals surface area contributed by atoms with Crippen molar-refractivity contribution in [3.05, 3.63) is 201 Å². The Balaban J connectivity index is 1.65. The third-order valence-corrected chi connectivity index (χ3v) is 8.82. The van der Waals surface area contributed by atoms with Gasteiger partial charge in [-0.1, -0.05) is 48.6 Å². The van der Waals surface area contributed by atoms with Gasteiger partial charge in [-0.25, -0.2) is 0 Å². The number of rotatable bonds is 6. The normalized spacial score (nSPS) is 17.8. The number of likely N-dealkylation sites (N-methyl/N-ethyl adjacent to an activating group) is 1. The predicted molar refractivity (Wildman–Crippen MR) is 193 cm³/mol. The van der Waals surface area contributed by atoms with Gasteiger partial charge in [-0.2, -0.15) is 15.8 Å². The lowest BCUT2D eigenvalue weighted by atomic mass is 9.92. The second kappa shape index (κ2) is 13.4. The summed E-state index contributed by atoms with van der Waals surface area (Å²) in [4.78, 5) is 6.46. The molecule has 0 saturated heterocycles. The van der Waals surface area contributed by atoms with E-state index in [4.69, 9.17) is 0 Å². The third kappa shape index (κ3) is 6.13. The molecule has 1 N–H and O–H groups in total. The summed E-state index contributed by atoms with van der Waals surface area (Å²) in [5.41, 5.74) is 14.4. The van der Waals surface area contributed by atoms with Gasteiger partial charge in [0, 0.05) is 32.5 Å². The zero-order valence-corrected chi connectivity index (χ0v) is 26.9. The van der Waals surface area contributed by atoms with Crippen LogP contribution in [0.25, 0.3) is 16.7 Å². The van der Waals surface area contributed by atoms with E-state index in [1.165, 1.54) is 0 Å². The van der Waals surface area contributed by atoms with E-state index in [9.17, 15) is 15.8 Å². The smallest absolute Gasteiger partial charge is 0.0991 e. The van der Waals surface area contributed by atoms with Crippen LogP contribution in [0.15, 0.2) is 162 Å². The molecule has 0 amide bonds. The molecule has 6 heteroatoms. The topological polar surface area (TPSA) is 99.5 Å². The Labute approximate surface area is 286 Å². The quantitative estimate of drug-likeness (QED) is 0.233. The molecule has 7 rings (SSSR count). The summed E-state index contributed by atoms with van der Waals surface area (Å²) in [6.07, 6.45) is 16.4. The largest absolute Gasteiger partial charge is 0.387 e. The third-order valence-electron chi connectivity index (χ3n) is 8.82. The number of dihydropyridines is 1. The van der Waals surface area contributed by atoms with Crippen LogP contribution in [0.5, 0.6) is 0 Å². The van der Waals surface area contributed by atoms with Crippen molar-refractivity contribution in [2.24, 2.45) is 0 Å². The molecule has 49 heavy (non-hydrogen) atoms. The molecule has 0 unspecified atom stereocenters. The first-order chi connectivity index (χ1) is 24.1. The van der Waals surface area contributed by atoms with E-state index in [0.717, 1.165) is 73.4 Å². The van der Waals surface area contributed by atoms with Crippen LogP contribution in [0, 0.1) is 34.0 Å². The SMILES string of the molecule is CN1C=CC(/C(=C2\C(=C(C3=CCNC=C3)c3ccc(C#N)cc3)\C2=C(\c2ccncc2)c2ccc(C#N)cc2)c2ccc(C#N)cc2)=CC1. The highest BCUT2D eigenvalue weighted by Crippen LogP contribution is 2.59. The molecular formula is C43H30N6. The van der Waals surface area contributed by atoms with Crippen LogP contribution >= 0.6 is 0 Å². The fourth-order valence-electron chi connectivity index (χ4n) is 6.36. The highest BCUT2D eigenvalue weighted by Gasteiger charge is 2.41. The fraction of sp³-hybridized carbons (Fsp3) is 0.0698. The van der Waals surface area contributed by atoms with Crippen molar-refractivity contribution in [3.8, 4) is 18.2 Å². The van der Waals surface area contributed by atoms with E-state index >= 15 is 0 Å². The van der Waals surface area contributed by atoms with E-state index in [-0.39, 0.29) is 0 Å². The maximum absolute atomic E-state index is 9.63. The van der Waals surface area contributed by atoms with Crippen LogP contribution < -0.4 is 5.32 Å². The molecule has 3 heterocycles. The zero-order chi connectivity index (χ0) is 33.7. The number of nitriles is 3. The Bertz CT molecular complexity index is 2290. The van der Waals surface area contributed by atoms with E-state index in [0.29, 0.717) is 23.2 Å². The molecule has 6 nitrogen and oxygen atoms in total. The lowest BCUT2D eigenvalue weighted by molar-refractivity contribution is 0.503. The summed E-state index contributed by atoms with van der Waals surface area (Å²) in [6, 6.07) is 34.1. The average molecular weight is 631 g/mol. The summed E-state index contributed by atoms with van der Waals surface area (Å²) in [5.74, 6) is 0. The minimum atomic E-state index is 0.591. The van der Waals surface area contributed by atoms with Crippen molar-refractivity contribution in [3.63, 3.8) is 0 Å². The molecule has 0 radical (unpaired) electrons. The number of aromatic nitrogens is 1. The highest BCUT2D eigenvalue weighted by atomic mass is 15.1. The number of nitrogens with one attached hydrogen (secondary N) is 1. The number of benzene rings is 3. The molecule has 1 saturated carbocycles. The van der Waals surface area contributed by atoms with Gasteiger partial charge in [0.2, 0.25) is 0 Å². The van der Waals surface area contributed by atoms with Crippen molar-refractivity contribution in [1.82, 2.24) is 15.2 Å². The highest BCUT2D eigenvalue weighted by molar-refractivity contribution is 6.13. The van der Waals surface area contributed by atoms with Gasteiger partial charge in [0.15, 0.2) is 0 Å². The number of pyridine rings is 1. The maximum Gasteiger partial charge on any atom is 0.0991 e. The fourth-order valence-corrected chi connectivity index (χ4v) is 6.36. The Morgan fingerprint density at radius 3 is 1.47 bits per heavy atom. The molecule has 1 fully saturated rings. The Morgan fingerprint density at radius 2 is 1.04 bits per heavy atom. The van der Waals surface area contributed by atoms with Gasteiger partial charge in [-0.15, -0.1) is 0 Å². The van der Waals surface area contributed by atoms with Crippen molar-refractivity contribution in [2.75, 3.05) is 20.1 Å². The van der Waals surface area contributed by atoms with Crippen molar-refractivity contribution < 1.29 is 0 Å². The lowest BCUT2D eigenvalue weighted by Gasteiger charge is -2.19. The van der Waals surface area contributed by atoms with Gasteiger partial charge >= 0.3 is 0 Å².